The van der Waals surface area contributed by atoms with E-state index in [1.165, 1.54) is 12.3 Å². The van der Waals surface area contributed by atoms with Crippen molar-refractivity contribution in [3.8, 4) is 11.5 Å². The van der Waals surface area contributed by atoms with E-state index in [0.717, 1.165) is 0 Å². The van der Waals surface area contributed by atoms with Gasteiger partial charge >= 0.3 is 0 Å². The summed E-state index contributed by atoms with van der Waals surface area (Å²) in [7, 11) is 1.55. The average molecular weight is 316 g/mol. The standard InChI is InChI=1S/C17H17FN2O3/c1-12(23-15-8-5-7-14(10-15)22-2)17(21)20-19-11-13-6-3-4-9-16(13)18/h3-12H,1-2H3,(H,20,21)/b19-11+. The molecule has 0 fully saturated rings. The molecule has 0 aliphatic rings. The Hall–Kier alpha value is -2.89. The second-order valence-corrected chi connectivity index (χ2v) is 4.69. The van der Waals surface area contributed by atoms with Crippen LogP contribution in [0.4, 0.5) is 4.39 Å². The molecule has 0 spiro atoms. The minimum atomic E-state index is -0.764. The molecule has 0 aliphatic carbocycles. The normalized spacial score (nSPS) is 12.0. The van der Waals surface area contributed by atoms with Crippen LogP contribution in [0.15, 0.2) is 53.6 Å². The lowest BCUT2D eigenvalue weighted by atomic mass is 10.2. The third-order valence-corrected chi connectivity index (χ3v) is 3.01. The first kappa shape index (κ1) is 16.5. The van der Waals surface area contributed by atoms with Gasteiger partial charge in [0.15, 0.2) is 6.10 Å². The average Bonchev–Trinajstić information content (AvgIpc) is 2.56. The SMILES string of the molecule is COc1cccc(OC(C)C(=O)N/N=C/c2ccccc2F)c1. The van der Waals surface area contributed by atoms with Crippen molar-refractivity contribution in [3.63, 3.8) is 0 Å². The monoisotopic (exact) mass is 316 g/mol. The number of amides is 1. The van der Waals surface area contributed by atoms with Gasteiger partial charge in [-0.25, -0.2) is 9.82 Å². The highest BCUT2D eigenvalue weighted by molar-refractivity contribution is 5.84. The smallest absolute Gasteiger partial charge is 0.280 e. The van der Waals surface area contributed by atoms with E-state index in [1.54, 1.807) is 56.5 Å². The Kier molecular flexibility index (Phi) is 5.68. The van der Waals surface area contributed by atoms with Gasteiger partial charge in [-0.1, -0.05) is 24.3 Å². The predicted molar refractivity (Wildman–Crippen MR) is 85.2 cm³/mol. The van der Waals surface area contributed by atoms with E-state index in [2.05, 4.69) is 10.5 Å². The van der Waals surface area contributed by atoms with Gasteiger partial charge < -0.3 is 9.47 Å². The van der Waals surface area contributed by atoms with Gasteiger partial charge in [-0.3, -0.25) is 4.79 Å². The maximum atomic E-state index is 13.4. The summed E-state index contributed by atoms with van der Waals surface area (Å²) in [6.45, 7) is 1.59. The largest absolute Gasteiger partial charge is 0.497 e. The van der Waals surface area contributed by atoms with Gasteiger partial charge in [0.2, 0.25) is 0 Å². The molecular weight excluding hydrogens is 299 g/mol. The Morgan fingerprint density at radius 3 is 2.70 bits per heavy atom. The number of hydrogen-bond acceptors (Lipinski definition) is 4. The van der Waals surface area contributed by atoms with Gasteiger partial charge in [0.1, 0.15) is 17.3 Å². The molecule has 1 amide bonds. The summed E-state index contributed by atoms with van der Waals surface area (Å²) >= 11 is 0. The lowest BCUT2D eigenvalue weighted by Crippen LogP contribution is -2.33. The van der Waals surface area contributed by atoms with E-state index in [4.69, 9.17) is 9.47 Å². The summed E-state index contributed by atoms with van der Waals surface area (Å²) < 4.78 is 24.0. The number of nitrogens with zero attached hydrogens (tertiary/aromatic N) is 1. The van der Waals surface area contributed by atoms with E-state index in [-0.39, 0.29) is 5.56 Å². The van der Waals surface area contributed by atoms with Crippen LogP contribution >= 0.6 is 0 Å². The number of nitrogens with one attached hydrogen (secondary N) is 1. The molecular formula is C17H17FN2O3. The van der Waals surface area contributed by atoms with Crippen molar-refractivity contribution in [2.75, 3.05) is 7.11 Å². The predicted octanol–water partition coefficient (Wildman–Crippen LogP) is 2.75. The Morgan fingerprint density at radius 2 is 1.96 bits per heavy atom. The fourth-order valence-electron chi connectivity index (χ4n) is 1.77. The lowest BCUT2D eigenvalue weighted by molar-refractivity contribution is -0.127. The second-order valence-electron chi connectivity index (χ2n) is 4.69. The van der Waals surface area contributed by atoms with Crippen LogP contribution in [0.2, 0.25) is 0 Å². The number of benzene rings is 2. The number of hydrazone groups is 1. The highest BCUT2D eigenvalue weighted by Crippen LogP contribution is 2.19. The van der Waals surface area contributed by atoms with Crippen LogP contribution in [-0.2, 0) is 4.79 Å². The van der Waals surface area contributed by atoms with Crippen molar-refractivity contribution >= 4 is 12.1 Å². The first-order chi connectivity index (χ1) is 11.1. The molecule has 0 bridgehead atoms. The van der Waals surface area contributed by atoms with Gasteiger partial charge in [0.25, 0.3) is 5.91 Å². The Labute approximate surface area is 133 Å². The molecule has 120 valence electrons. The van der Waals surface area contributed by atoms with Crippen LogP contribution in [-0.4, -0.2) is 25.3 Å². The van der Waals surface area contributed by atoms with Gasteiger partial charge in [-0.05, 0) is 25.1 Å². The third kappa shape index (κ3) is 4.81. The quantitative estimate of drug-likeness (QED) is 0.658. The van der Waals surface area contributed by atoms with Gasteiger partial charge in [0.05, 0.1) is 13.3 Å². The number of methoxy groups -OCH3 is 1. The zero-order valence-electron chi connectivity index (χ0n) is 12.8. The Balaban J connectivity index is 1.91. The van der Waals surface area contributed by atoms with Gasteiger partial charge in [0, 0.05) is 11.6 Å². The van der Waals surface area contributed by atoms with Crippen LogP contribution in [0.3, 0.4) is 0 Å². The summed E-state index contributed by atoms with van der Waals surface area (Å²) in [6, 6.07) is 13.1. The van der Waals surface area contributed by atoms with Gasteiger partial charge in [-0.2, -0.15) is 5.10 Å². The third-order valence-electron chi connectivity index (χ3n) is 3.01. The number of halogens is 1. The van der Waals surface area contributed by atoms with Crippen molar-refractivity contribution in [2.24, 2.45) is 5.10 Å². The molecule has 0 saturated carbocycles. The number of carbonyl (C=O) groups is 1. The molecule has 2 rings (SSSR count). The van der Waals surface area contributed by atoms with Crippen molar-refractivity contribution in [3.05, 3.63) is 59.9 Å². The molecule has 1 atom stereocenters. The minimum Gasteiger partial charge on any atom is -0.497 e. The summed E-state index contributed by atoms with van der Waals surface area (Å²) in [5, 5.41) is 3.73. The first-order valence-corrected chi connectivity index (χ1v) is 6.98. The Bertz CT molecular complexity index is 704. The molecule has 0 heterocycles. The summed E-state index contributed by atoms with van der Waals surface area (Å²) in [6.07, 6.45) is 0.478. The first-order valence-electron chi connectivity index (χ1n) is 6.98. The van der Waals surface area contributed by atoms with E-state index in [9.17, 15) is 9.18 Å². The number of ether oxygens (including phenoxy) is 2. The highest BCUT2D eigenvalue weighted by Gasteiger charge is 2.14. The molecule has 0 saturated heterocycles. The maximum Gasteiger partial charge on any atom is 0.280 e. The highest BCUT2D eigenvalue weighted by atomic mass is 19.1. The van der Waals surface area contributed by atoms with Crippen LogP contribution in [0.25, 0.3) is 0 Å². The van der Waals surface area contributed by atoms with E-state index in [1.807, 2.05) is 0 Å². The molecule has 0 radical (unpaired) electrons. The number of hydrogen-bond donors (Lipinski definition) is 1. The van der Waals surface area contributed by atoms with Gasteiger partial charge in [-0.15, -0.1) is 0 Å². The Morgan fingerprint density at radius 1 is 1.22 bits per heavy atom. The van der Waals surface area contributed by atoms with Crippen LogP contribution in [0.5, 0.6) is 11.5 Å². The van der Waals surface area contributed by atoms with E-state index < -0.39 is 17.8 Å². The van der Waals surface area contributed by atoms with Crippen LogP contribution < -0.4 is 14.9 Å². The van der Waals surface area contributed by atoms with Crippen molar-refractivity contribution in [1.29, 1.82) is 0 Å². The molecule has 1 unspecified atom stereocenters. The van der Waals surface area contributed by atoms with Crippen molar-refractivity contribution in [1.82, 2.24) is 5.43 Å². The molecule has 0 aromatic heterocycles. The molecule has 5 nitrogen and oxygen atoms in total. The van der Waals surface area contributed by atoms with Crippen LogP contribution in [0, 0.1) is 5.82 Å². The fourth-order valence-corrected chi connectivity index (χ4v) is 1.77. The summed E-state index contributed by atoms with van der Waals surface area (Å²) in [5.74, 6) is 0.282. The zero-order valence-corrected chi connectivity index (χ0v) is 12.8. The fraction of sp³-hybridized carbons (Fsp3) is 0.176. The maximum absolute atomic E-state index is 13.4. The molecule has 23 heavy (non-hydrogen) atoms. The molecule has 2 aromatic rings. The summed E-state index contributed by atoms with van der Waals surface area (Å²) in [5.41, 5.74) is 2.60. The number of rotatable bonds is 6. The molecule has 1 N–H and O–H groups in total. The van der Waals surface area contributed by atoms with Crippen molar-refractivity contribution < 1.29 is 18.7 Å². The molecule has 6 heteroatoms. The number of carbonyl (C=O) groups excluding carboxylic acids is 1. The second kappa shape index (κ2) is 7.93. The van der Waals surface area contributed by atoms with Crippen molar-refractivity contribution in [2.45, 2.75) is 13.0 Å². The van der Waals surface area contributed by atoms with Crippen LogP contribution in [0.1, 0.15) is 12.5 Å². The lowest BCUT2D eigenvalue weighted by Gasteiger charge is -2.13. The topological polar surface area (TPSA) is 59.9 Å². The summed E-state index contributed by atoms with van der Waals surface area (Å²) in [4.78, 5) is 11.9. The zero-order chi connectivity index (χ0) is 16.7. The molecule has 2 aromatic carbocycles. The molecule has 0 aliphatic heterocycles. The minimum absolute atomic E-state index is 0.286. The van der Waals surface area contributed by atoms with E-state index in [0.29, 0.717) is 11.5 Å². The van der Waals surface area contributed by atoms with E-state index >= 15 is 0 Å².